The topological polar surface area (TPSA) is 40.5 Å². The Balaban J connectivity index is 1.84. The third-order valence-corrected chi connectivity index (χ3v) is 4.62. The summed E-state index contributed by atoms with van der Waals surface area (Å²) in [7, 11) is 0. The van der Waals surface area contributed by atoms with E-state index >= 15 is 0 Å². The fourth-order valence-electron chi connectivity index (χ4n) is 3.22. The standard InChI is InChI=1S/C16H21NO2/c1-11(16(18)19)10-12-4-2-7-15-14(12)8-9-17(15)13-5-3-6-13/h2,4,7,11,13H,3,5-6,8-10H2,1H3,(H,18,19). The van der Waals surface area contributed by atoms with Crippen molar-refractivity contribution >= 4 is 11.7 Å². The molecule has 1 aliphatic carbocycles. The predicted molar refractivity (Wildman–Crippen MR) is 75.6 cm³/mol. The molecule has 0 amide bonds. The first-order valence-electron chi connectivity index (χ1n) is 7.27. The number of anilines is 1. The number of carboxylic acids is 1. The van der Waals surface area contributed by atoms with Crippen LogP contribution in [0.15, 0.2) is 18.2 Å². The van der Waals surface area contributed by atoms with Crippen LogP contribution in [0.3, 0.4) is 0 Å². The van der Waals surface area contributed by atoms with E-state index in [-0.39, 0.29) is 5.92 Å². The Morgan fingerprint density at radius 1 is 1.47 bits per heavy atom. The molecule has 1 N–H and O–H groups in total. The van der Waals surface area contributed by atoms with Gasteiger partial charge in [0.2, 0.25) is 0 Å². The van der Waals surface area contributed by atoms with Gasteiger partial charge in [0.15, 0.2) is 0 Å². The summed E-state index contributed by atoms with van der Waals surface area (Å²) in [5.41, 5.74) is 3.98. The Bertz CT molecular complexity index is 494. The summed E-state index contributed by atoms with van der Waals surface area (Å²) in [6.07, 6.45) is 5.71. The molecule has 1 aliphatic heterocycles. The van der Waals surface area contributed by atoms with Crippen LogP contribution in [0.1, 0.15) is 37.3 Å². The molecule has 1 aromatic rings. The number of hydrogen-bond donors (Lipinski definition) is 1. The zero-order valence-corrected chi connectivity index (χ0v) is 11.4. The van der Waals surface area contributed by atoms with E-state index in [0.717, 1.165) is 19.0 Å². The number of aliphatic carboxylic acids is 1. The molecule has 3 nitrogen and oxygen atoms in total. The normalized spacial score (nSPS) is 19.9. The predicted octanol–water partition coefficient (Wildman–Crippen LogP) is 2.86. The second kappa shape index (κ2) is 4.87. The van der Waals surface area contributed by atoms with E-state index in [4.69, 9.17) is 5.11 Å². The lowest BCUT2D eigenvalue weighted by molar-refractivity contribution is -0.141. The largest absolute Gasteiger partial charge is 0.481 e. The first kappa shape index (κ1) is 12.5. The number of rotatable bonds is 4. The molecule has 0 saturated heterocycles. The number of fused-ring (bicyclic) bond motifs is 1. The summed E-state index contributed by atoms with van der Waals surface area (Å²) >= 11 is 0. The van der Waals surface area contributed by atoms with Crippen LogP contribution in [0, 0.1) is 5.92 Å². The molecule has 1 aromatic carbocycles. The van der Waals surface area contributed by atoms with E-state index in [1.807, 2.05) is 0 Å². The van der Waals surface area contributed by atoms with Gasteiger partial charge in [-0.15, -0.1) is 0 Å². The van der Waals surface area contributed by atoms with E-state index in [9.17, 15) is 4.79 Å². The highest BCUT2D eigenvalue weighted by Gasteiger charge is 2.31. The van der Waals surface area contributed by atoms with Crippen molar-refractivity contribution in [3.05, 3.63) is 29.3 Å². The van der Waals surface area contributed by atoms with Crippen molar-refractivity contribution in [2.45, 2.75) is 45.1 Å². The van der Waals surface area contributed by atoms with Gasteiger partial charge in [-0.05, 0) is 49.3 Å². The Kier molecular flexibility index (Phi) is 3.21. The molecule has 0 spiro atoms. The first-order chi connectivity index (χ1) is 9.16. The number of nitrogens with zero attached hydrogens (tertiary/aromatic N) is 1. The highest BCUT2D eigenvalue weighted by molar-refractivity contribution is 5.70. The Hall–Kier alpha value is -1.51. The van der Waals surface area contributed by atoms with Gasteiger partial charge in [0, 0.05) is 18.3 Å². The second-order valence-corrected chi connectivity index (χ2v) is 5.89. The van der Waals surface area contributed by atoms with E-state index in [0.29, 0.717) is 6.42 Å². The third-order valence-electron chi connectivity index (χ3n) is 4.62. The summed E-state index contributed by atoms with van der Waals surface area (Å²) in [5, 5.41) is 9.07. The van der Waals surface area contributed by atoms with Crippen LogP contribution in [0.4, 0.5) is 5.69 Å². The molecule has 2 aliphatic rings. The van der Waals surface area contributed by atoms with Gasteiger partial charge in [-0.3, -0.25) is 4.79 Å². The molecule has 0 aromatic heterocycles. The molecule has 1 unspecified atom stereocenters. The smallest absolute Gasteiger partial charge is 0.306 e. The lowest BCUT2D eigenvalue weighted by Gasteiger charge is -2.36. The van der Waals surface area contributed by atoms with Gasteiger partial charge in [0.05, 0.1) is 5.92 Å². The molecule has 1 atom stereocenters. The maximum atomic E-state index is 11.0. The Labute approximate surface area is 114 Å². The zero-order chi connectivity index (χ0) is 13.4. The molecule has 0 radical (unpaired) electrons. The number of benzene rings is 1. The molecule has 3 heteroatoms. The summed E-state index contributed by atoms with van der Waals surface area (Å²) in [5.74, 6) is -1.00. The van der Waals surface area contributed by atoms with Gasteiger partial charge in [-0.25, -0.2) is 0 Å². The molecular weight excluding hydrogens is 238 g/mol. The monoisotopic (exact) mass is 259 g/mol. The maximum absolute atomic E-state index is 11.0. The number of hydrogen-bond acceptors (Lipinski definition) is 2. The fourth-order valence-corrected chi connectivity index (χ4v) is 3.22. The number of carboxylic acid groups (broad SMARTS) is 1. The maximum Gasteiger partial charge on any atom is 0.306 e. The van der Waals surface area contributed by atoms with Gasteiger partial charge in [-0.1, -0.05) is 19.1 Å². The minimum atomic E-state index is -0.702. The van der Waals surface area contributed by atoms with Crippen molar-refractivity contribution in [2.24, 2.45) is 5.92 Å². The van der Waals surface area contributed by atoms with Crippen LogP contribution >= 0.6 is 0 Å². The molecule has 0 bridgehead atoms. The second-order valence-electron chi connectivity index (χ2n) is 5.89. The molecule has 1 heterocycles. The highest BCUT2D eigenvalue weighted by atomic mass is 16.4. The van der Waals surface area contributed by atoms with Crippen LogP contribution in [-0.2, 0) is 17.6 Å². The highest BCUT2D eigenvalue weighted by Crippen LogP contribution is 2.37. The minimum absolute atomic E-state index is 0.302. The van der Waals surface area contributed by atoms with Gasteiger partial charge >= 0.3 is 5.97 Å². The van der Waals surface area contributed by atoms with Gasteiger partial charge in [0.25, 0.3) is 0 Å². The van der Waals surface area contributed by atoms with Crippen molar-refractivity contribution in [1.29, 1.82) is 0 Å². The molecule has 1 fully saturated rings. The van der Waals surface area contributed by atoms with Crippen LogP contribution in [-0.4, -0.2) is 23.7 Å². The van der Waals surface area contributed by atoms with Crippen molar-refractivity contribution < 1.29 is 9.90 Å². The van der Waals surface area contributed by atoms with Crippen molar-refractivity contribution in [3.63, 3.8) is 0 Å². The van der Waals surface area contributed by atoms with E-state index in [1.54, 1.807) is 6.92 Å². The lowest BCUT2D eigenvalue weighted by Crippen LogP contribution is -2.38. The van der Waals surface area contributed by atoms with Gasteiger partial charge in [-0.2, -0.15) is 0 Å². The van der Waals surface area contributed by atoms with E-state index < -0.39 is 5.97 Å². The summed E-state index contributed by atoms with van der Waals surface area (Å²) in [6, 6.07) is 7.12. The average Bonchev–Trinajstić information content (AvgIpc) is 2.72. The first-order valence-corrected chi connectivity index (χ1v) is 7.27. The van der Waals surface area contributed by atoms with E-state index in [2.05, 4.69) is 23.1 Å². The van der Waals surface area contributed by atoms with Crippen LogP contribution in [0.25, 0.3) is 0 Å². The Morgan fingerprint density at radius 2 is 2.26 bits per heavy atom. The third kappa shape index (κ3) is 2.22. The molecular formula is C16H21NO2. The van der Waals surface area contributed by atoms with Crippen molar-refractivity contribution in [2.75, 3.05) is 11.4 Å². The average molecular weight is 259 g/mol. The summed E-state index contributed by atoms with van der Waals surface area (Å²) < 4.78 is 0. The van der Waals surface area contributed by atoms with Gasteiger partial charge in [0.1, 0.15) is 0 Å². The van der Waals surface area contributed by atoms with Crippen LogP contribution in [0.2, 0.25) is 0 Å². The Morgan fingerprint density at radius 3 is 2.89 bits per heavy atom. The summed E-state index contributed by atoms with van der Waals surface area (Å²) in [4.78, 5) is 13.6. The SMILES string of the molecule is CC(Cc1cccc2c1CCN2C1CCC1)C(=O)O. The molecule has 102 valence electrons. The van der Waals surface area contributed by atoms with Crippen molar-refractivity contribution in [1.82, 2.24) is 0 Å². The van der Waals surface area contributed by atoms with Crippen molar-refractivity contribution in [3.8, 4) is 0 Å². The van der Waals surface area contributed by atoms with Crippen LogP contribution < -0.4 is 4.90 Å². The van der Waals surface area contributed by atoms with Gasteiger partial charge < -0.3 is 10.0 Å². The quantitative estimate of drug-likeness (QED) is 0.904. The molecule has 19 heavy (non-hydrogen) atoms. The fraction of sp³-hybridized carbons (Fsp3) is 0.562. The molecule has 1 saturated carbocycles. The zero-order valence-electron chi connectivity index (χ0n) is 11.4. The summed E-state index contributed by atoms with van der Waals surface area (Å²) in [6.45, 7) is 2.90. The molecule has 3 rings (SSSR count). The van der Waals surface area contributed by atoms with Crippen LogP contribution in [0.5, 0.6) is 0 Å². The minimum Gasteiger partial charge on any atom is -0.481 e. The number of carbonyl (C=O) groups is 1. The van der Waals surface area contributed by atoms with E-state index in [1.165, 1.54) is 36.1 Å². The lowest BCUT2D eigenvalue weighted by atomic mass is 9.91.